The van der Waals surface area contributed by atoms with Crippen LogP contribution in [0.2, 0.25) is 0 Å². The van der Waals surface area contributed by atoms with Gasteiger partial charge in [0.1, 0.15) is 12.4 Å². The number of carbonyl (C=O) groups excluding carboxylic acids is 1. The Morgan fingerprint density at radius 1 is 1.11 bits per heavy atom. The average Bonchev–Trinajstić information content (AvgIpc) is 3.55. The van der Waals surface area contributed by atoms with E-state index in [1.54, 1.807) is 18.2 Å². The number of benzene rings is 2. The van der Waals surface area contributed by atoms with Crippen LogP contribution >= 0.6 is 0 Å². The molecule has 0 saturated heterocycles. The SMILES string of the molecule is O=C(NC1CC1)c1ccc(F)c2c1CC(N(CCCc1c[nH]c3ccc(F)cc13)C1CCC1)CO2. The number of hydrogen-bond donors (Lipinski definition) is 2. The molecule has 3 aliphatic rings. The maximum atomic E-state index is 14.6. The molecule has 1 amide bonds. The van der Waals surface area contributed by atoms with Crippen LogP contribution in [0.4, 0.5) is 8.78 Å². The van der Waals surface area contributed by atoms with E-state index in [9.17, 15) is 13.6 Å². The van der Waals surface area contributed by atoms with Gasteiger partial charge in [-0.1, -0.05) is 6.42 Å². The monoisotopic (exact) mass is 479 g/mol. The number of aryl methyl sites for hydroxylation is 1. The number of fused-ring (bicyclic) bond motifs is 2. The molecular formula is C28H31F2N3O2. The number of halogens is 2. The van der Waals surface area contributed by atoms with Crippen LogP contribution in [0.3, 0.4) is 0 Å². The Kier molecular flexibility index (Phi) is 5.96. The topological polar surface area (TPSA) is 57.4 Å². The number of H-pyrrole nitrogens is 1. The first-order valence-corrected chi connectivity index (χ1v) is 12.8. The Labute approximate surface area is 203 Å². The minimum absolute atomic E-state index is 0.0995. The van der Waals surface area contributed by atoms with E-state index in [0.29, 0.717) is 30.2 Å². The number of nitrogens with zero attached hydrogens (tertiary/aromatic N) is 1. The summed E-state index contributed by atoms with van der Waals surface area (Å²) in [6.07, 6.45) is 9.90. The lowest BCUT2D eigenvalue weighted by molar-refractivity contribution is 0.0421. The third kappa shape index (κ3) is 4.54. The maximum absolute atomic E-state index is 14.6. The van der Waals surface area contributed by atoms with Gasteiger partial charge in [-0.25, -0.2) is 8.78 Å². The largest absolute Gasteiger partial charge is 0.489 e. The van der Waals surface area contributed by atoms with Gasteiger partial charge in [-0.3, -0.25) is 9.69 Å². The van der Waals surface area contributed by atoms with E-state index in [0.717, 1.165) is 61.5 Å². The second-order valence-electron chi connectivity index (χ2n) is 10.2. The fraction of sp³-hybridized carbons (Fsp3) is 0.464. The smallest absolute Gasteiger partial charge is 0.251 e. The molecule has 6 rings (SSSR count). The first kappa shape index (κ1) is 22.5. The van der Waals surface area contributed by atoms with E-state index in [2.05, 4.69) is 15.2 Å². The van der Waals surface area contributed by atoms with Crippen LogP contribution in [0, 0.1) is 11.6 Å². The first-order chi connectivity index (χ1) is 17.1. The van der Waals surface area contributed by atoms with Gasteiger partial charge in [-0.15, -0.1) is 0 Å². The highest BCUT2D eigenvalue weighted by Crippen LogP contribution is 2.36. The molecule has 1 aliphatic heterocycles. The van der Waals surface area contributed by atoms with Crippen molar-refractivity contribution in [2.24, 2.45) is 0 Å². The highest BCUT2D eigenvalue weighted by atomic mass is 19.1. The van der Waals surface area contributed by atoms with Gasteiger partial charge < -0.3 is 15.0 Å². The van der Waals surface area contributed by atoms with E-state index >= 15 is 0 Å². The molecular weight excluding hydrogens is 448 g/mol. The highest BCUT2D eigenvalue weighted by molar-refractivity contribution is 5.96. The minimum Gasteiger partial charge on any atom is -0.489 e. The average molecular weight is 480 g/mol. The van der Waals surface area contributed by atoms with E-state index < -0.39 is 5.82 Å². The lowest BCUT2D eigenvalue weighted by atomic mass is 9.87. The quantitative estimate of drug-likeness (QED) is 0.471. The lowest BCUT2D eigenvalue weighted by Crippen LogP contribution is -2.52. The molecule has 0 spiro atoms. The molecule has 3 aromatic rings. The number of aromatic nitrogens is 1. The molecule has 0 bridgehead atoms. The van der Waals surface area contributed by atoms with Crippen LogP contribution < -0.4 is 10.1 Å². The number of aromatic amines is 1. The van der Waals surface area contributed by atoms with Gasteiger partial charge >= 0.3 is 0 Å². The second-order valence-corrected chi connectivity index (χ2v) is 10.2. The molecule has 184 valence electrons. The van der Waals surface area contributed by atoms with E-state index in [1.807, 2.05) is 6.20 Å². The van der Waals surface area contributed by atoms with Crippen LogP contribution in [0.1, 0.15) is 60.0 Å². The summed E-state index contributed by atoms with van der Waals surface area (Å²) < 4.78 is 34.3. The zero-order valence-electron chi connectivity index (χ0n) is 19.8. The number of hydrogen-bond acceptors (Lipinski definition) is 3. The van der Waals surface area contributed by atoms with Crippen molar-refractivity contribution < 1.29 is 18.3 Å². The number of carbonyl (C=O) groups is 1. The Morgan fingerprint density at radius 2 is 1.97 bits per heavy atom. The molecule has 2 saturated carbocycles. The third-order valence-corrected chi connectivity index (χ3v) is 7.83. The molecule has 2 N–H and O–H groups in total. The van der Waals surface area contributed by atoms with Crippen LogP contribution in [0.25, 0.3) is 10.9 Å². The number of nitrogens with one attached hydrogen (secondary N) is 2. The van der Waals surface area contributed by atoms with Crippen molar-refractivity contribution >= 4 is 16.8 Å². The second kappa shape index (κ2) is 9.26. The van der Waals surface area contributed by atoms with Crippen molar-refractivity contribution in [3.05, 3.63) is 64.9 Å². The summed E-state index contributed by atoms with van der Waals surface area (Å²) >= 11 is 0. The predicted octanol–water partition coefficient (Wildman–Crippen LogP) is 5.13. The number of rotatable bonds is 8. The van der Waals surface area contributed by atoms with E-state index in [4.69, 9.17) is 4.74 Å². The van der Waals surface area contributed by atoms with Crippen LogP contribution in [-0.4, -0.2) is 47.1 Å². The number of ether oxygens (including phenoxy) is 1. The molecule has 2 heterocycles. The van der Waals surface area contributed by atoms with Crippen molar-refractivity contribution in [1.82, 2.24) is 15.2 Å². The fourth-order valence-corrected chi connectivity index (χ4v) is 5.54. The van der Waals surface area contributed by atoms with Gasteiger partial charge in [0.15, 0.2) is 11.6 Å². The zero-order chi connectivity index (χ0) is 23.9. The van der Waals surface area contributed by atoms with Gasteiger partial charge in [0.05, 0.1) is 0 Å². The first-order valence-electron chi connectivity index (χ1n) is 12.8. The van der Waals surface area contributed by atoms with Crippen molar-refractivity contribution in [2.75, 3.05) is 13.2 Å². The molecule has 2 aromatic carbocycles. The molecule has 0 radical (unpaired) electrons. The van der Waals surface area contributed by atoms with E-state index in [1.165, 1.54) is 18.6 Å². The summed E-state index contributed by atoms with van der Waals surface area (Å²) in [5.41, 5.74) is 3.30. The minimum atomic E-state index is -0.400. The summed E-state index contributed by atoms with van der Waals surface area (Å²) in [5, 5.41) is 3.98. The Bertz CT molecular complexity index is 1250. The van der Waals surface area contributed by atoms with Crippen molar-refractivity contribution in [2.45, 2.75) is 69.5 Å². The summed E-state index contributed by atoms with van der Waals surface area (Å²) in [6, 6.07) is 8.62. The summed E-state index contributed by atoms with van der Waals surface area (Å²) in [6.45, 7) is 1.31. The lowest BCUT2D eigenvalue weighted by Gasteiger charge is -2.44. The van der Waals surface area contributed by atoms with Crippen molar-refractivity contribution in [1.29, 1.82) is 0 Å². The maximum Gasteiger partial charge on any atom is 0.251 e. The molecule has 2 fully saturated rings. The molecule has 1 atom stereocenters. The van der Waals surface area contributed by atoms with Crippen LogP contribution in [0.5, 0.6) is 5.75 Å². The summed E-state index contributed by atoms with van der Waals surface area (Å²) in [7, 11) is 0. The summed E-state index contributed by atoms with van der Waals surface area (Å²) in [4.78, 5) is 18.6. The predicted molar refractivity (Wildman–Crippen MR) is 131 cm³/mol. The molecule has 5 nitrogen and oxygen atoms in total. The fourth-order valence-electron chi connectivity index (χ4n) is 5.54. The normalized spacial score (nSPS) is 19.9. The van der Waals surface area contributed by atoms with Gasteiger partial charge in [-0.05, 0) is 87.4 Å². The molecule has 1 aromatic heterocycles. The van der Waals surface area contributed by atoms with Gasteiger partial charge in [0, 0.05) is 46.4 Å². The van der Waals surface area contributed by atoms with Crippen LogP contribution in [-0.2, 0) is 12.8 Å². The Hall–Kier alpha value is -2.93. The molecule has 2 aliphatic carbocycles. The van der Waals surface area contributed by atoms with Gasteiger partial charge in [-0.2, -0.15) is 0 Å². The standard InChI is InChI=1S/C28H31F2N3O2/c29-18-6-11-26-23(13-18)17(15-31-26)3-2-12-33(20-4-1-5-20)21-14-24-22(28(34)32-19-7-8-19)9-10-25(30)27(24)35-16-21/h6,9-11,13,15,19-21,31H,1-5,7-8,12,14,16H2,(H,32,34). The van der Waals surface area contributed by atoms with Crippen molar-refractivity contribution in [3.63, 3.8) is 0 Å². The Morgan fingerprint density at radius 3 is 2.74 bits per heavy atom. The van der Waals surface area contributed by atoms with Gasteiger partial charge in [0.25, 0.3) is 5.91 Å². The molecule has 1 unspecified atom stereocenters. The molecule has 7 heteroatoms. The zero-order valence-corrected chi connectivity index (χ0v) is 19.8. The van der Waals surface area contributed by atoms with E-state index in [-0.39, 0.29) is 29.6 Å². The Balaban J connectivity index is 1.18. The van der Waals surface area contributed by atoms with Gasteiger partial charge in [0.2, 0.25) is 0 Å². The molecule has 35 heavy (non-hydrogen) atoms. The third-order valence-electron chi connectivity index (χ3n) is 7.83. The number of amides is 1. The summed E-state index contributed by atoms with van der Waals surface area (Å²) in [5.74, 6) is -0.516. The van der Waals surface area contributed by atoms with Crippen LogP contribution in [0.15, 0.2) is 36.5 Å². The van der Waals surface area contributed by atoms with Crippen molar-refractivity contribution in [3.8, 4) is 5.75 Å². The highest BCUT2D eigenvalue weighted by Gasteiger charge is 2.36.